The molecule has 0 bridgehead atoms. The van der Waals surface area contributed by atoms with Crippen molar-refractivity contribution in [3.8, 4) is 0 Å². The first kappa shape index (κ1) is 15.0. The Morgan fingerprint density at radius 3 is 2.21 bits per heavy atom. The SMILES string of the molecule is CCC(CC)CNC(=O)Nc1ccc(C(=O)O)cc1. The molecule has 0 aliphatic heterocycles. The van der Waals surface area contributed by atoms with Gasteiger partial charge in [-0.25, -0.2) is 9.59 Å². The Morgan fingerprint density at radius 1 is 1.16 bits per heavy atom. The number of carboxylic acid groups (broad SMARTS) is 1. The van der Waals surface area contributed by atoms with Gasteiger partial charge in [0.05, 0.1) is 5.56 Å². The lowest BCUT2D eigenvalue weighted by Gasteiger charge is -2.13. The van der Waals surface area contributed by atoms with Crippen molar-refractivity contribution in [1.82, 2.24) is 5.32 Å². The fraction of sp³-hybridized carbons (Fsp3) is 0.429. The quantitative estimate of drug-likeness (QED) is 0.739. The van der Waals surface area contributed by atoms with E-state index in [-0.39, 0.29) is 11.6 Å². The monoisotopic (exact) mass is 264 g/mol. The summed E-state index contributed by atoms with van der Waals surface area (Å²) in [4.78, 5) is 22.3. The number of amides is 2. The number of carbonyl (C=O) groups excluding carboxylic acids is 1. The Bertz CT molecular complexity index is 425. The molecule has 0 aliphatic carbocycles. The third kappa shape index (κ3) is 4.99. The Balaban J connectivity index is 2.46. The van der Waals surface area contributed by atoms with Gasteiger partial charge in [-0.1, -0.05) is 26.7 Å². The van der Waals surface area contributed by atoms with Gasteiger partial charge in [0.15, 0.2) is 0 Å². The first-order chi connectivity index (χ1) is 9.06. The first-order valence-corrected chi connectivity index (χ1v) is 6.45. The van der Waals surface area contributed by atoms with Gasteiger partial charge in [0.1, 0.15) is 0 Å². The summed E-state index contributed by atoms with van der Waals surface area (Å²) in [6, 6.07) is 5.79. The Kier molecular flexibility index (Phi) is 5.85. The van der Waals surface area contributed by atoms with Crippen LogP contribution in [0.15, 0.2) is 24.3 Å². The zero-order chi connectivity index (χ0) is 14.3. The molecule has 0 unspecified atom stereocenters. The molecular weight excluding hydrogens is 244 g/mol. The van der Waals surface area contributed by atoms with Crippen molar-refractivity contribution in [2.75, 3.05) is 11.9 Å². The molecule has 0 atom stereocenters. The summed E-state index contributed by atoms with van der Waals surface area (Å²) in [5.41, 5.74) is 0.773. The van der Waals surface area contributed by atoms with Crippen LogP contribution in [0.3, 0.4) is 0 Å². The molecule has 0 aliphatic rings. The summed E-state index contributed by atoms with van der Waals surface area (Å²) >= 11 is 0. The molecule has 5 nitrogen and oxygen atoms in total. The number of aromatic carboxylic acids is 1. The van der Waals surface area contributed by atoms with Crippen molar-refractivity contribution in [2.45, 2.75) is 26.7 Å². The van der Waals surface area contributed by atoms with Gasteiger partial charge in [0.25, 0.3) is 0 Å². The molecule has 19 heavy (non-hydrogen) atoms. The lowest BCUT2D eigenvalue weighted by molar-refractivity contribution is 0.0697. The highest BCUT2D eigenvalue weighted by Gasteiger charge is 2.07. The molecule has 0 saturated heterocycles. The fourth-order valence-electron chi connectivity index (χ4n) is 1.69. The van der Waals surface area contributed by atoms with Crippen molar-refractivity contribution < 1.29 is 14.7 Å². The minimum atomic E-state index is -0.982. The van der Waals surface area contributed by atoms with Crippen molar-refractivity contribution in [1.29, 1.82) is 0 Å². The fourth-order valence-corrected chi connectivity index (χ4v) is 1.69. The van der Waals surface area contributed by atoms with Crippen LogP contribution in [0.1, 0.15) is 37.0 Å². The number of carboxylic acids is 1. The first-order valence-electron chi connectivity index (χ1n) is 6.45. The molecule has 104 valence electrons. The predicted octanol–water partition coefficient (Wildman–Crippen LogP) is 2.94. The van der Waals surface area contributed by atoms with E-state index in [4.69, 9.17) is 5.11 Å². The lowest BCUT2D eigenvalue weighted by Crippen LogP contribution is -2.32. The van der Waals surface area contributed by atoms with Crippen molar-refractivity contribution in [3.63, 3.8) is 0 Å². The van der Waals surface area contributed by atoms with E-state index < -0.39 is 5.97 Å². The van der Waals surface area contributed by atoms with E-state index in [9.17, 15) is 9.59 Å². The third-order valence-corrected chi connectivity index (χ3v) is 3.10. The molecule has 0 heterocycles. The summed E-state index contributed by atoms with van der Waals surface area (Å²) < 4.78 is 0. The van der Waals surface area contributed by atoms with E-state index in [2.05, 4.69) is 24.5 Å². The Hall–Kier alpha value is -2.04. The number of benzene rings is 1. The van der Waals surface area contributed by atoms with Crippen LogP contribution in [0, 0.1) is 5.92 Å². The number of urea groups is 1. The van der Waals surface area contributed by atoms with Crippen molar-refractivity contribution >= 4 is 17.7 Å². The zero-order valence-electron chi connectivity index (χ0n) is 11.3. The molecule has 0 aromatic heterocycles. The molecule has 1 aromatic rings. The minimum Gasteiger partial charge on any atom is -0.478 e. The highest BCUT2D eigenvalue weighted by molar-refractivity contribution is 5.91. The van der Waals surface area contributed by atoms with E-state index >= 15 is 0 Å². The standard InChI is InChI=1S/C14H20N2O3/c1-3-10(4-2)9-15-14(19)16-12-7-5-11(6-8-12)13(17)18/h5-8,10H,3-4,9H2,1-2H3,(H,17,18)(H2,15,16,19). The average Bonchev–Trinajstić information content (AvgIpc) is 2.40. The van der Waals surface area contributed by atoms with E-state index in [0.29, 0.717) is 18.2 Å². The van der Waals surface area contributed by atoms with Crippen LogP contribution < -0.4 is 10.6 Å². The summed E-state index contributed by atoms with van der Waals surface area (Å²) in [6.07, 6.45) is 2.06. The maximum Gasteiger partial charge on any atom is 0.335 e. The van der Waals surface area contributed by atoms with Crippen LogP contribution in [0.2, 0.25) is 0 Å². The maximum absolute atomic E-state index is 11.6. The number of rotatable bonds is 6. The van der Waals surface area contributed by atoms with Gasteiger partial charge >= 0.3 is 12.0 Å². The van der Waals surface area contributed by atoms with Crippen LogP contribution >= 0.6 is 0 Å². The zero-order valence-corrected chi connectivity index (χ0v) is 11.3. The molecule has 2 amide bonds. The van der Waals surface area contributed by atoms with Crippen LogP contribution in [-0.2, 0) is 0 Å². The minimum absolute atomic E-state index is 0.197. The number of hydrogen-bond acceptors (Lipinski definition) is 2. The van der Waals surface area contributed by atoms with Crippen LogP contribution in [0.5, 0.6) is 0 Å². The second kappa shape index (κ2) is 7.41. The van der Waals surface area contributed by atoms with Crippen molar-refractivity contribution in [2.24, 2.45) is 5.92 Å². The van der Waals surface area contributed by atoms with Crippen LogP contribution in [0.4, 0.5) is 10.5 Å². The smallest absolute Gasteiger partial charge is 0.335 e. The van der Waals surface area contributed by atoms with Gasteiger partial charge < -0.3 is 15.7 Å². The predicted molar refractivity (Wildman–Crippen MR) is 74.5 cm³/mol. The molecular formula is C14H20N2O3. The van der Waals surface area contributed by atoms with E-state index in [0.717, 1.165) is 12.8 Å². The Labute approximate surface area is 113 Å². The second-order valence-electron chi connectivity index (χ2n) is 4.40. The molecule has 3 N–H and O–H groups in total. The summed E-state index contributed by atoms with van der Waals surface area (Å²) in [5.74, 6) is -0.495. The number of anilines is 1. The number of hydrogen-bond donors (Lipinski definition) is 3. The highest BCUT2D eigenvalue weighted by atomic mass is 16.4. The van der Waals surface area contributed by atoms with E-state index in [1.165, 1.54) is 12.1 Å². The molecule has 5 heteroatoms. The van der Waals surface area contributed by atoms with Crippen LogP contribution in [-0.4, -0.2) is 23.7 Å². The van der Waals surface area contributed by atoms with Gasteiger partial charge in [-0.3, -0.25) is 0 Å². The normalized spacial score (nSPS) is 10.3. The van der Waals surface area contributed by atoms with Crippen molar-refractivity contribution in [3.05, 3.63) is 29.8 Å². The maximum atomic E-state index is 11.6. The number of nitrogens with one attached hydrogen (secondary N) is 2. The second-order valence-corrected chi connectivity index (χ2v) is 4.40. The average molecular weight is 264 g/mol. The summed E-state index contributed by atoms with van der Waals surface area (Å²) in [6.45, 7) is 4.84. The Morgan fingerprint density at radius 2 is 1.74 bits per heavy atom. The van der Waals surface area contributed by atoms with E-state index in [1.807, 2.05) is 0 Å². The van der Waals surface area contributed by atoms with E-state index in [1.54, 1.807) is 12.1 Å². The molecule has 0 spiro atoms. The van der Waals surface area contributed by atoms with Gasteiger partial charge in [0.2, 0.25) is 0 Å². The molecule has 0 fully saturated rings. The highest BCUT2D eigenvalue weighted by Crippen LogP contribution is 2.10. The third-order valence-electron chi connectivity index (χ3n) is 3.10. The summed E-state index contributed by atoms with van der Waals surface area (Å²) in [5, 5.41) is 14.2. The molecule has 1 rings (SSSR count). The topological polar surface area (TPSA) is 78.4 Å². The van der Waals surface area contributed by atoms with Gasteiger partial charge in [-0.05, 0) is 30.2 Å². The lowest BCUT2D eigenvalue weighted by atomic mass is 10.0. The van der Waals surface area contributed by atoms with Gasteiger partial charge in [0, 0.05) is 12.2 Å². The molecule has 0 saturated carbocycles. The largest absolute Gasteiger partial charge is 0.478 e. The summed E-state index contributed by atoms with van der Waals surface area (Å²) in [7, 11) is 0. The van der Waals surface area contributed by atoms with Gasteiger partial charge in [-0.2, -0.15) is 0 Å². The van der Waals surface area contributed by atoms with Crippen LogP contribution in [0.25, 0.3) is 0 Å². The number of carbonyl (C=O) groups is 2. The van der Waals surface area contributed by atoms with Gasteiger partial charge in [-0.15, -0.1) is 0 Å². The molecule has 1 aromatic carbocycles. The molecule has 0 radical (unpaired) electrons.